The summed E-state index contributed by atoms with van der Waals surface area (Å²) >= 11 is 0. The van der Waals surface area contributed by atoms with Crippen LogP contribution in [0.3, 0.4) is 0 Å². The summed E-state index contributed by atoms with van der Waals surface area (Å²) in [6, 6.07) is 0. The monoisotopic (exact) mass is 237 g/mol. The van der Waals surface area contributed by atoms with E-state index < -0.39 is 0 Å². The van der Waals surface area contributed by atoms with Crippen LogP contribution in [0, 0.1) is 5.92 Å². The minimum atomic E-state index is -0.0505. The van der Waals surface area contributed by atoms with Crippen molar-refractivity contribution >= 4 is 5.78 Å². The van der Waals surface area contributed by atoms with Gasteiger partial charge in [0.05, 0.1) is 5.54 Å². The highest BCUT2D eigenvalue weighted by Crippen LogP contribution is 2.40. The second-order valence-electron chi connectivity index (χ2n) is 5.99. The number of carbonyl (C=O) groups excluding carboxylic acids is 1. The van der Waals surface area contributed by atoms with Crippen LogP contribution in [0.4, 0.5) is 0 Å². The second-order valence-corrected chi connectivity index (χ2v) is 5.99. The summed E-state index contributed by atoms with van der Waals surface area (Å²) in [4.78, 5) is 15.3. The number of hydrogen-bond donors (Lipinski definition) is 0. The molecule has 2 fully saturated rings. The largest absolute Gasteiger partial charge is 0.297 e. The van der Waals surface area contributed by atoms with E-state index in [0.717, 1.165) is 38.8 Å². The molecule has 0 amide bonds. The zero-order valence-corrected chi connectivity index (χ0v) is 11.5. The van der Waals surface area contributed by atoms with Gasteiger partial charge in [-0.3, -0.25) is 9.69 Å². The van der Waals surface area contributed by atoms with Crippen LogP contribution in [0.15, 0.2) is 0 Å². The van der Waals surface area contributed by atoms with Gasteiger partial charge in [-0.15, -0.1) is 0 Å². The van der Waals surface area contributed by atoms with Gasteiger partial charge in [0.1, 0.15) is 0 Å². The molecule has 2 aliphatic rings. The lowest BCUT2D eigenvalue weighted by Gasteiger charge is -2.39. The molecule has 1 saturated heterocycles. The Balaban J connectivity index is 2.12. The van der Waals surface area contributed by atoms with Crippen molar-refractivity contribution in [3.05, 3.63) is 0 Å². The van der Waals surface area contributed by atoms with Crippen LogP contribution in [0.25, 0.3) is 0 Å². The molecule has 2 rings (SSSR count). The van der Waals surface area contributed by atoms with Gasteiger partial charge in [-0.1, -0.05) is 33.1 Å². The standard InChI is InChI=1S/C15H27NO/c1-3-8-13(2)14(17)15(9-4-5-10-15)16-11-6-7-12-16/h13H,3-12H2,1-2H3. The maximum Gasteiger partial charge on any atom is 0.155 e. The summed E-state index contributed by atoms with van der Waals surface area (Å²) in [5, 5.41) is 0. The molecule has 1 heterocycles. The van der Waals surface area contributed by atoms with Gasteiger partial charge < -0.3 is 0 Å². The number of hydrogen-bond acceptors (Lipinski definition) is 2. The predicted molar refractivity (Wildman–Crippen MR) is 71.1 cm³/mol. The summed E-state index contributed by atoms with van der Waals surface area (Å²) in [6.07, 6.45) is 9.52. The van der Waals surface area contributed by atoms with Crippen molar-refractivity contribution in [3.63, 3.8) is 0 Å². The lowest BCUT2D eigenvalue weighted by Crippen LogP contribution is -2.53. The fraction of sp³-hybridized carbons (Fsp3) is 0.933. The Morgan fingerprint density at radius 1 is 1.18 bits per heavy atom. The normalized spacial score (nSPS) is 26.2. The molecular formula is C15H27NO. The van der Waals surface area contributed by atoms with E-state index in [1.54, 1.807) is 0 Å². The Kier molecular flexibility index (Phi) is 4.24. The molecule has 2 nitrogen and oxygen atoms in total. The highest BCUT2D eigenvalue weighted by molar-refractivity contribution is 5.90. The number of rotatable bonds is 5. The molecule has 0 spiro atoms. The molecule has 0 radical (unpaired) electrons. The van der Waals surface area contributed by atoms with Gasteiger partial charge in [-0.05, 0) is 45.2 Å². The van der Waals surface area contributed by atoms with Crippen molar-refractivity contribution in [3.8, 4) is 0 Å². The molecule has 2 heteroatoms. The zero-order valence-electron chi connectivity index (χ0n) is 11.5. The molecule has 17 heavy (non-hydrogen) atoms. The third-order valence-corrected chi connectivity index (χ3v) is 4.77. The van der Waals surface area contributed by atoms with Crippen molar-refractivity contribution in [2.24, 2.45) is 5.92 Å². The number of nitrogens with zero attached hydrogens (tertiary/aromatic N) is 1. The minimum absolute atomic E-state index is 0.0505. The first-order chi connectivity index (χ1) is 8.20. The molecule has 1 aliphatic carbocycles. The first-order valence-corrected chi connectivity index (χ1v) is 7.50. The van der Waals surface area contributed by atoms with Crippen LogP contribution >= 0.6 is 0 Å². The maximum atomic E-state index is 12.8. The van der Waals surface area contributed by atoms with Gasteiger partial charge in [-0.25, -0.2) is 0 Å². The molecule has 0 aromatic rings. The van der Waals surface area contributed by atoms with E-state index in [9.17, 15) is 4.79 Å². The lowest BCUT2D eigenvalue weighted by molar-refractivity contribution is -0.134. The van der Waals surface area contributed by atoms with E-state index >= 15 is 0 Å². The fourth-order valence-electron chi connectivity index (χ4n) is 3.85. The Morgan fingerprint density at radius 2 is 1.76 bits per heavy atom. The van der Waals surface area contributed by atoms with E-state index in [0.29, 0.717) is 5.78 Å². The summed E-state index contributed by atoms with van der Waals surface area (Å²) in [6.45, 7) is 6.64. The maximum absolute atomic E-state index is 12.8. The Morgan fingerprint density at radius 3 is 2.29 bits per heavy atom. The van der Waals surface area contributed by atoms with Gasteiger partial charge >= 0.3 is 0 Å². The quantitative estimate of drug-likeness (QED) is 0.730. The third-order valence-electron chi connectivity index (χ3n) is 4.77. The van der Waals surface area contributed by atoms with Crippen molar-refractivity contribution in [2.45, 2.75) is 70.8 Å². The molecule has 0 bridgehead atoms. The number of ketones is 1. The van der Waals surface area contributed by atoms with Crippen molar-refractivity contribution < 1.29 is 4.79 Å². The van der Waals surface area contributed by atoms with E-state index in [-0.39, 0.29) is 11.5 Å². The topological polar surface area (TPSA) is 20.3 Å². The first-order valence-electron chi connectivity index (χ1n) is 7.50. The van der Waals surface area contributed by atoms with Crippen molar-refractivity contribution in [1.29, 1.82) is 0 Å². The average Bonchev–Trinajstić information content (AvgIpc) is 2.99. The molecule has 1 aliphatic heterocycles. The van der Waals surface area contributed by atoms with Crippen LogP contribution in [-0.2, 0) is 4.79 Å². The molecule has 1 saturated carbocycles. The van der Waals surface area contributed by atoms with Crippen LogP contribution in [0.5, 0.6) is 0 Å². The van der Waals surface area contributed by atoms with E-state index in [1.807, 2.05) is 0 Å². The van der Waals surface area contributed by atoms with E-state index in [4.69, 9.17) is 0 Å². The summed E-state index contributed by atoms with van der Waals surface area (Å²) in [5.74, 6) is 0.817. The van der Waals surface area contributed by atoms with Gasteiger partial charge in [0.15, 0.2) is 5.78 Å². The van der Waals surface area contributed by atoms with E-state index in [1.165, 1.54) is 25.7 Å². The molecule has 0 N–H and O–H groups in total. The van der Waals surface area contributed by atoms with Crippen LogP contribution in [-0.4, -0.2) is 29.3 Å². The smallest absolute Gasteiger partial charge is 0.155 e. The number of Topliss-reactive ketones (excluding diaryl/α,β-unsaturated/α-hetero) is 1. The molecule has 1 atom stereocenters. The number of likely N-dealkylation sites (tertiary alicyclic amines) is 1. The molecular weight excluding hydrogens is 210 g/mol. The highest BCUT2D eigenvalue weighted by Gasteiger charge is 2.47. The average molecular weight is 237 g/mol. The predicted octanol–water partition coefficient (Wildman–Crippen LogP) is 3.40. The van der Waals surface area contributed by atoms with Crippen LogP contribution in [0.2, 0.25) is 0 Å². The molecule has 98 valence electrons. The third kappa shape index (κ3) is 2.42. The Hall–Kier alpha value is -0.370. The van der Waals surface area contributed by atoms with Gasteiger partial charge in [0.2, 0.25) is 0 Å². The SMILES string of the molecule is CCCC(C)C(=O)C1(N2CCCC2)CCCC1. The molecule has 0 aromatic carbocycles. The molecule has 1 unspecified atom stereocenters. The molecule has 0 aromatic heterocycles. The van der Waals surface area contributed by atoms with Crippen LogP contribution < -0.4 is 0 Å². The Bertz CT molecular complexity index is 262. The highest BCUT2D eigenvalue weighted by atomic mass is 16.1. The van der Waals surface area contributed by atoms with Gasteiger partial charge in [0, 0.05) is 5.92 Å². The number of carbonyl (C=O) groups is 1. The second kappa shape index (κ2) is 5.51. The Labute approximate surface area is 106 Å². The van der Waals surface area contributed by atoms with Gasteiger partial charge in [0.25, 0.3) is 0 Å². The minimum Gasteiger partial charge on any atom is -0.297 e. The first kappa shape index (κ1) is 13.1. The lowest BCUT2D eigenvalue weighted by atomic mass is 9.82. The van der Waals surface area contributed by atoms with Gasteiger partial charge in [-0.2, -0.15) is 0 Å². The van der Waals surface area contributed by atoms with Crippen LogP contribution in [0.1, 0.15) is 65.2 Å². The summed E-state index contributed by atoms with van der Waals surface area (Å²) < 4.78 is 0. The summed E-state index contributed by atoms with van der Waals surface area (Å²) in [5.41, 5.74) is -0.0505. The summed E-state index contributed by atoms with van der Waals surface area (Å²) in [7, 11) is 0. The zero-order chi connectivity index (χ0) is 12.3. The van der Waals surface area contributed by atoms with Crippen molar-refractivity contribution in [1.82, 2.24) is 4.90 Å². The van der Waals surface area contributed by atoms with Crippen molar-refractivity contribution in [2.75, 3.05) is 13.1 Å². The fourth-order valence-corrected chi connectivity index (χ4v) is 3.85. The van der Waals surface area contributed by atoms with E-state index in [2.05, 4.69) is 18.7 Å².